The monoisotopic (exact) mass is 475 g/mol. The number of likely N-dealkylation sites (tertiary alicyclic amines) is 1. The number of rotatable bonds is 9. The predicted molar refractivity (Wildman–Crippen MR) is 134 cm³/mol. The molecule has 2 aliphatic rings. The van der Waals surface area contributed by atoms with Gasteiger partial charge in [0.2, 0.25) is 17.6 Å². The van der Waals surface area contributed by atoms with E-state index >= 15 is 0 Å². The van der Waals surface area contributed by atoms with E-state index in [4.69, 9.17) is 9.26 Å². The molecule has 8 nitrogen and oxygen atoms in total. The number of piperidine rings is 1. The molecule has 1 N–H and O–H groups in total. The first-order valence-corrected chi connectivity index (χ1v) is 12.5. The molecule has 0 radical (unpaired) electrons. The molecule has 0 aliphatic carbocycles. The first kappa shape index (κ1) is 23.4. The summed E-state index contributed by atoms with van der Waals surface area (Å²) in [5.41, 5.74) is 3.66. The van der Waals surface area contributed by atoms with Crippen molar-refractivity contribution in [2.24, 2.45) is 5.92 Å². The highest BCUT2D eigenvalue weighted by atomic mass is 16.5. The van der Waals surface area contributed by atoms with E-state index in [0.29, 0.717) is 31.3 Å². The summed E-state index contributed by atoms with van der Waals surface area (Å²) in [5, 5.41) is 7.29. The minimum Gasteiger partial charge on any atom is -0.497 e. The van der Waals surface area contributed by atoms with Crippen LogP contribution < -0.4 is 15.0 Å². The maximum absolute atomic E-state index is 12.8. The van der Waals surface area contributed by atoms with E-state index in [1.165, 1.54) is 11.3 Å². The molecule has 1 unspecified atom stereocenters. The van der Waals surface area contributed by atoms with E-state index in [0.717, 1.165) is 56.6 Å². The lowest BCUT2D eigenvalue weighted by atomic mass is 9.97. The number of carbonyl (C=O) groups is 1. The fourth-order valence-corrected chi connectivity index (χ4v) is 5.05. The lowest BCUT2D eigenvalue weighted by Gasteiger charge is -2.31. The molecule has 5 rings (SSSR count). The van der Waals surface area contributed by atoms with Crippen LogP contribution in [-0.4, -0.2) is 60.8 Å². The molecule has 0 saturated carbocycles. The Labute approximate surface area is 206 Å². The molecule has 1 fully saturated rings. The van der Waals surface area contributed by atoms with Crippen LogP contribution in [0.5, 0.6) is 5.75 Å². The van der Waals surface area contributed by atoms with E-state index in [2.05, 4.69) is 49.5 Å². The van der Waals surface area contributed by atoms with Crippen molar-refractivity contribution in [1.29, 1.82) is 0 Å². The normalized spacial score (nSPS) is 17.9. The zero-order valence-electron chi connectivity index (χ0n) is 20.3. The molecule has 2 aliphatic heterocycles. The highest BCUT2D eigenvalue weighted by molar-refractivity contribution is 5.79. The van der Waals surface area contributed by atoms with Crippen LogP contribution in [0.4, 0.5) is 5.69 Å². The van der Waals surface area contributed by atoms with Crippen molar-refractivity contribution in [3.8, 4) is 17.1 Å². The summed E-state index contributed by atoms with van der Waals surface area (Å²) in [6.07, 6.45) is 3.97. The van der Waals surface area contributed by atoms with Gasteiger partial charge in [0.1, 0.15) is 5.75 Å². The second kappa shape index (κ2) is 10.9. The van der Waals surface area contributed by atoms with Crippen molar-refractivity contribution in [2.45, 2.75) is 32.2 Å². The lowest BCUT2D eigenvalue weighted by Crippen LogP contribution is -2.43. The highest BCUT2D eigenvalue weighted by Gasteiger charge is 2.27. The SMILES string of the molecule is COc1ccc(-c2noc(CN3CCCC(C(=O)NCCCN4CCc5ccccc54)C3)n2)cc1. The first-order chi connectivity index (χ1) is 17.2. The summed E-state index contributed by atoms with van der Waals surface area (Å²) in [6, 6.07) is 16.2. The number of methoxy groups -OCH3 is 1. The summed E-state index contributed by atoms with van der Waals surface area (Å²) in [4.78, 5) is 22.0. The van der Waals surface area contributed by atoms with Crippen LogP contribution >= 0.6 is 0 Å². The molecule has 35 heavy (non-hydrogen) atoms. The molecule has 1 aromatic heterocycles. The zero-order chi connectivity index (χ0) is 24.0. The fourth-order valence-electron chi connectivity index (χ4n) is 5.05. The number of anilines is 1. The number of para-hydroxylation sites is 1. The van der Waals surface area contributed by atoms with Gasteiger partial charge in [0.15, 0.2) is 0 Å². The lowest BCUT2D eigenvalue weighted by molar-refractivity contribution is -0.126. The number of hydrogen-bond donors (Lipinski definition) is 1. The standard InChI is InChI=1S/C27H33N5O3/c1-34-23-11-9-21(10-12-23)26-29-25(35-30-26)19-31-15-4-7-22(18-31)27(33)28-14-5-16-32-17-13-20-6-2-3-8-24(20)32/h2-3,6,8-12,22H,4-5,7,13-19H2,1H3,(H,28,33). The van der Waals surface area contributed by atoms with E-state index in [1.54, 1.807) is 7.11 Å². The van der Waals surface area contributed by atoms with Crippen molar-refractivity contribution in [3.05, 3.63) is 60.0 Å². The van der Waals surface area contributed by atoms with Gasteiger partial charge in [-0.2, -0.15) is 4.98 Å². The van der Waals surface area contributed by atoms with E-state index in [9.17, 15) is 4.79 Å². The molecule has 3 heterocycles. The molecule has 1 atom stereocenters. The number of nitrogens with one attached hydrogen (secondary N) is 1. The minimum absolute atomic E-state index is 0.000225. The molecule has 0 bridgehead atoms. The third kappa shape index (κ3) is 5.65. The number of aromatic nitrogens is 2. The van der Waals surface area contributed by atoms with Crippen molar-refractivity contribution < 1.29 is 14.1 Å². The molecule has 184 valence electrons. The Kier molecular flexibility index (Phi) is 7.28. The molecular weight excluding hydrogens is 442 g/mol. The summed E-state index contributed by atoms with van der Waals surface area (Å²) in [6.45, 7) is 4.96. The molecule has 1 saturated heterocycles. The van der Waals surface area contributed by atoms with Gasteiger partial charge in [0.05, 0.1) is 19.6 Å². The van der Waals surface area contributed by atoms with E-state index in [1.807, 2.05) is 24.3 Å². The molecule has 0 spiro atoms. The quantitative estimate of drug-likeness (QED) is 0.474. The molecular formula is C27H33N5O3. The molecule has 1 amide bonds. The number of benzene rings is 2. The number of fused-ring (bicyclic) bond motifs is 1. The van der Waals surface area contributed by atoms with Gasteiger partial charge in [-0.1, -0.05) is 23.4 Å². The number of carbonyl (C=O) groups excluding carboxylic acids is 1. The van der Waals surface area contributed by atoms with Gasteiger partial charge < -0.3 is 19.5 Å². The van der Waals surface area contributed by atoms with Gasteiger partial charge in [-0.3, -0.25) is 9.69 Å². The number of amides is 1. The van der Waals surface area contributed by atoms with Gasteiger partial charge >= 0.3 is 0 Å². The topological polar surface area (TPSA) is 83.7 Å². The Morgan fingerprint density at radius 1 is 1.17 bits per heavy atom. The fraction of sp³-hybridized carbons (Fsp3) is 0.444. The maximum Gasteiger partial charge on any atom is 0.241 e. The first-order valence-electron chi connectivity index (χ1n) is 12.5. The van der Waals surface area contributed by atoms with Crippen molar-refractivity contribution >= 4 is 11.6 Å². The Morgan fingerprint density at radius 2 is 2.03 bits per heavy atom. The van der Waals surface area contributed by atoms with Crippen LogP contribution in [0, 0.1) is 5.92 Å². The third-order valence-corrected chi connectivity index (χ3v) is 6.94. The average molecular weight is 476 g/mol. The maximum atomic E-state index is 12.8. The van der Waals surface area contributed by atoms with E-state index < -0.39 is 0 Å². The van der Waals surface area contributed by atoms with Crippen LogP contribution in [0.1, 0.15) is 30.7 Å². The van der Waals surface area contributed by atoms with Gasteiger partial charge in [-0.15, -0.1) is 0 Å². The Balaban J connectivity index is 1.07. The number of nitrogens with zero attached hydrogens (tertiary/aromatic N) is 4. The largest absolute Gasteiger partial charge is 0.497 e. The molecule has 2 aromatic carbocycles. The highest BCUT2D eigenvalue weighted by Crippen LogP contribution is 2.27. The summed E-state index contributed by atoms with van der Waals surface area (Å²) in [5.74, 6) is 2.08. The summed E-state index contributed by atoms with van der Waals surface area (Å²) in [7, 11) is 1.64. The average Bonchev–Trinajstić information content (AvgIpc) is 3.54. The zero-order valence-corrected chi connectivity index (χ0v) is 20.3. The molecule has 3 aromatic rings. The Hall–Kier alpha value is -3.39. The minimum atomic E-state index is 0.000225. The van der Waals surface area contributed by atoms with Gasteiger partial charge in [-0.25, -0.2) is 0 Å². The second-order valence-corrected chi connectivity index (χ2v) is 9.32. The number of ether oxygens (including phenoxy) is 1. The summed E-state index contributed by atoms with van der Waals surface area (Å²) < 4.78 is 10.7. The van der Waals surface area contributed by atoms with Crippen LogP contribution in [0.25, 0.3) is 11.4 Å². The number of hydrogen-bond acceptors (Lipinski definition) is 7. The van der Waals surface area contributed by atoms with Gasteiger partial charge in [0.25, 0.3) is 0 Å². The van der Waals surface area contributed by atoms with Crippen LogP contribution in [0.3, 0.4) is 0 Å². The Morgan fingerprint density at radius 3 is 2.89 bits per heavy atom. The van der Waals surface area contributed by atoms with Crippen molar-refractivity contribution in [2.75, 3.05) is 44.7 Å². The predicted octanol–water partition coefficient (Wildman–Crippen LogP) is 3.53. The van der Waals surface area contributed by atoms with Crippen LogP contribution in [0.15, 0.2) is 53.1 Å². The third-order valence-electron chi connectivity index (χ3n) is 6.94. The Bertz CT molecular complexity index is 1130. The van der Waals surface area contributed by atoms with Gasteiger partial charge in [-0.05, 0) is 68.1 Å². The second-order valence-electron chi connectivity index (χ2n) is 9.32. The van der Waals surface area contributed by atoms with Gasteiger partial charge in [0, 0.05) is 37.4 Å². The van der Waals surface area contributed by atoms with Crippen LogP contribution in [0.2, 0.25) is 0 Å². The summed E-state index contributed by atoms with van der Waals surface area (Å²) >= 11 is 0. The smallest absolute Gasteiger partial charge is 0.241 e. The van der Waals surface area contributed by atoms with E-state index in [-0.39, 0.29) is 11.8 Å². The molecule has 8 heteroatoms. The van der Waals surface area contributed by atoms with Crippen LogP contribution in [-0.2, 0) is 17.8 Å². The van der Waals surface area contributed by atoms with Crippen molar-refractivity contribution in [1.82, 2.24) is 20.4 Å². The van der Waals surface area contributed by atoms with Crippen molar-refractivity contribution in [3.63, 3.8) is 0 Å².